The Kier molecular flexibility index (Phi) is 6.17. The van der Waals surface area contributed by atoms with E-state index in [1.165, 1.54) is 24.3 Å². The number of nitrogens with one attached hydrogen (secondary N) is 2. The smallest absolute Gasteiger partial charge is 0.321 e. The van der Waals surface area contributed by atoms with Crippen LogP contribution in [0.2, 0.25) is 0 Å². The topological polar surface area (TPSA) is 78.5 Å². The molecule has 0 radical (unpaired) electrons. The van der Waals surface area contributed by atoms with Crippen molar-refractivity contribution in [2.24, 2.45) is 5.92 Å². The van der Waals surface area contributed by atoms with Crippen molar-refractivity contribution >= 4 is 21.7 Å². The van der Waals surface area contributed by atoms with Crippen molar-refractivity contribution in [3.63, 3.8) is 0 Å². The van der Waals surface area contributed by atoms with E-state index in [0.29, 0.717) is 25.3 Å². The van der Waals surface area contributed by atoms with E-state index in [1.807, 2.05) is 0 Å². The van der Waals surface area contributed by atoms with Gasteiger partial charge in [0, 0.05) is 25.3 Å². The van der Waals surface area contributed by atoms with Gasteiger partial charge in [0.1, 0.15) is 5.82 Å². The SMILES string of the molecule is CC(C)S(=O)(=O)NCC1CCN(C(=O)Nc2ccc(F)cc2)CC1. The quantitative estimate of drug-likeness (QED) is 0.849. The molecule has 0 spiro atoms. The zero-order valence-electron chi connectivity index (χ0n) is 14.0. The summed E-state index contributed by atoms with van der Waals surface area (Å²) in [4.78, 5) is 13.9. The molecule has 1 aliphatic heterocycles. The lowest BCUT2D eigenvalue weighted by molar-refractivity contribution is 0.183. The predicted molar refractivity (Wildman–Crippen MR) is 91.8 cm³/mol. The molecule has 0 unspecified atom stereocenters. The fourth-order valence-corrected chi connectivity index (χ4v) is 3.28. The average molecular weight is 357 g/mol. The molecule has 1 heterocycles. The molecular weight excluding hydrogens is 333 g/mol. The monoisotopic (exact) mass is 357 g/mol. The third-order valence-electron chi connectivity index (χ3n) is 4.19. The van der Waals surface area contributed by atoms with Crippen LogP contribution in [0.15, 0.2) is 24.3 Å². The van der Waals surface area contributed by atoms with Gasteiger partial charge >= 0.3 is 6.03 Å². The van der Waals surface area contributed by atoms with Crippen LogP contribution in [0.3, 0.4) is 0 Å². The number of sulfonamides is 1. The molecule has 1 aromatic carbocycles. The van der Waals surface area contributed by atoms with Crippen LogP contribution in [0.25, 0.3) is 0 Å². The lowest BCUT2D eigenvalue weighted by Gasteiger charge is -2.32. The standard InChI is InChI=1S/C16H24FN3O3S/c1-12(2)24(22,23)18-11-13-7-9-20(10-8-13)16(21)19-15-5-3-14(17)4-6-15/h3-6,12-13,18H,7-11H2,1-2H3,(H,19,21). The number of hydrogen-bond donors (Lipinski definition) is 2. The summed E-state index contributed by atoms with van der Waals surface area (Å²) in [7, 11) is -3.25. The van der Waals surface area contributed by atoms with Gasteiger partial charge in [0.2, 0.25) is 10.0 Å². The molecule has 0 saturated carbocycles. The van der Waals surface area contributed by atoms with Crippen LogP contribution < -0.4 is 10.0 Å². The average Bonchev–Trinajstić information content (AvgIpc) is 2.55. The normalized spacial score (nSPS) is 16.4. The summed E-state index contributed by atoms with van der Waals surface area (Å²) in [5.74, 6) is -0.119. The van der Waals surface area contributed by atoms with Crippen LogP contribution in [0.4, 0.5) is 14.9 Å². The van der Waals surface area contributed by atoms with E-state index >= 15 is 0 Å². The van der Waals surface area contributed by atoms with Crippen molar-refractivity contribution in [3.05, 3.63) is 30.1 Å². The Hall–Kier alpha value is -1.67. The van der Waals surface area contributed by atoms with Crippen LogP contribution in [0, 0.1) is 11.7 Å². The Balaban J connectivity index is 1.78. The van der Waals surface area contributed by atoms with E-state index < -0.39 is 15.3 Å². The highest BCUT2D eigenvalue weighted by Gasteiger charge is 2.24. The fourth-order valence-electron chi connectivity index (χ4n) is 2.48. The third-order valence-corrected chi connectivity index (χ3v) is 6.00. The largest absolute Gasteiger partial charge is 0.325 e. The maximum atomic E-state index is 12.9. The minimum absolute atomic E-state index is 0.220. The highest BCUT2D eigenvalue weighted by Crippen LogP contribution is 2.18. The molecule has 2 rings (SSSR count). The number of nitrogens with zero attached hydrogens (tertiary/aromatic N) is 1. The van der Waals surface area contributed by atoms with Crippen LogP contribution in [0.5, 0.6) is 0 Å². The number of carbonyl (C=O) groups is 1. The predicted octanol–water partition coefficient (Wildman–Crippen LogP) is 2.40. The van der Waals surface area contributed by atoms with E-state index in [1.54, 1.807) is 18.7 Å². The molecule has 1 aliphatic rings. The Morgan fingerprint density at radius 1 is 1.25 bits per heavy atom. The molecule has 0 aromatic heterocycles. The molecule has 6 nitrogen and oxygen atoms in total. The van der Waals surface area contributed by atoms with Gasteiger partial charge in [0.15, 0.2) is 0 Å². The number of halogens is 1. The molecule has 1 fully saturated rings. The summed E-state index contributed by atoms with van der Waals surface area (Å²) in [6.07, 6.45) is 1.49. The Bertz CT molecular complexity index is 654. The molecule has 8 heteroatoms. The lowest BCUT2D eigenvalue weighted by Crippen LogP contribution is -2.44. The minimum atomic E-state index is -3.25. The van der Waals surface area contributed by atoms with E-state index in [4.69, 9.17) is 0 Å². The van der Waals surface area contributed by atoms with E-state index in [9.17, 15) is 17.6 Å². The first kappa shape index (κ1) is 18.7. The highest BCUT2D eigenvalue weighted by atomic mass is 32.2. The summed E-state index contributed by atoms with van der Waals surface area (Å²) in [6.45, 7) is 4.84. The summed E-state index contributed by atoms with van der Waals surface area (Å²) in [5.41, 5.74) is 0.549. The Morgan fingerprint density at radius 2 is 1.83 bits per heavy atom. The van der Waals surface area contributed by atoms with E-state index in [2.05, 4.69) is 10.0 Å². The summed E-state index contributed by atoms with van der Waals surface area (Å²) in [5, 5.41) is 2.29. The van der Waals surface area contributed by atoms with Gasteiger partial charge in [-0.1, -0.05) is 0 Å². The van der Waals surface area contributed by atoms with Gasteiger partial charge in [-0.3, -0.25) is 0 Å². The summed E-state index contributed by atoms with van der Waals surface area (Å²) < 4.78 is 39.0. The number of benzene rings is 1. The number of amides is 2. The minimum Gasteiger partial charge on any atom is -0.325 e. The van der Waals surface area contributed by atoms with Gasteiger partial charge in [-0.15, -0.1) is 0 Å². The second-order valence-electron chi connectivity index (χ2n) is 6.31. The van der Waals surface area contributed by atoms with Gasteiger partial charge in [-0.05, 0) is 56.9 Å². The molecule has 0 bridgehead atoms. The van der Waals surface area contributed by atoms with Crippen LogP contribution >= 0.6 is 0 Å². The first-order valence-corrected chi connectivity index (χ1v) is 9.62. The summed E-state index contributed by atoms with van der Waals surface area (Å²) >= 11 is 0. The van der Waals surface area contributed by atoms with Gasteiger partial charge in [-0.25, -0.2) is 22.3 Å². The molecular formula is C16H24FN3O3S. The number of likely N-dealkylation sites (tertiary alicyclic amines) is 1. The molecule has 2 N–H and O–H groups in total. The van der Waals surface area contributed by atoms with Crippen LogP contribution in [-0.2, 0) is 10.0 Å². The molecule has 0 atom stereocenters. The van der Waals surface area contributed by atoms with Crippen LogP contribution in [-0.4, -0.2) is 44.2 Å². The van der Waals surface area contributed by atoms with Crippen molar-refractivity contribution in [2.45, 2.75) is 31.9 Å². The van der Waals surface area contributed by atoms with Crippen LogP contribution in [0.1, 0.15) is 26.7 Å². The maximum Gasteiger partial charge on any atom is 0.321 e. The van der Waals surface area contributed by atoms with E-state index in [-0.39, 0.29) is 17.8 Å². The Morgan fingerprint density at radius 3 is 2.38 bits per heavy atom. The van der Waals surface area contributed by atoms with Gasteiger partial charge < -0.3 is 10.2 Å². The van der Waals surface area contributed by atoms with Crippen molar-refractivity contribution in [3.8, 4) is 0 Å². The van der Waals surface area contributed by atoms with Gasteiger partial charge in [-0.2, -0.15) is 0 Å². The zero-order valence-corrected chi connectivity index (χ0v) is 14.8. The molecule has 24 heavy (non-hydrogen) atoms. The Labute approximate surface area is 142 Å². The maximum absolute atomic E-state index is 12.9. The third kappa shape index (κ3) is 5.17. The number of piperidine rings is 1. The highest BCUT2D eigenvalue weighted by molar-refractivity contribution is 7.90. The van der Waals surface area contributed by atoms with Gasteiger partial charge in [0.25, 0.3) is 0 Å². The lowest BCUT2D eigenvalue weighted by atomic mass is 9.97. The molecule has 0 aliphatic carbocycles. The number of rotatable bonds is 5. The second-order valence-corrected chi connectivity index (χ2v) is 8.63. The van der Waals surface area contributed by atoms with E-state index in [0.717, 1.165) is 12.8 Å². The number of urea groups is 1. The molecule has 1 saturated heterocycles. The first-order valence-electron chi connectivity index (χ1n) is 8.08. The van der Waals surface area contributed by atoms with Gasteiger partial charge in [0.05, 0.1) is 5.25 Å². The fraction of sp³-hybridized carbons (Fsp3) is 0.562. The van der Waals surface area contributed by atoms with Crippen molar-refractivity contribution < 1.29 is 17.6 Å². The molecule has 2 amide bonds. The van der Waals surface area contributed by atoms with Crippen molar-refractivity contribution in [2.75, 3.05) is 25.0 Å². The first-order chi connectivity index (χ1) is 11.3. The molecule has 134 valence electrons. The number of hydrogen-bond acceptors (Lipinski definition) is 3. The second kappa shape index (κ2) is 7.94. The number of carbonyl (C=O) groups excluding carboxylic acids is 1. The zero-order chi connectivity index (χ0) is 17.7. The van der Waals surface area contributed by atoms with Crippen molar-refractivity contribution in [1.29, 1.82) is 0 Å². The summed E-state index contributed by atoms with van der Waals surface area (Å²) in [6, 6.07) is 5.40. The number of anilines is 1. The molecule has 1 aromatic rings. The van der Waals surface area contributed by atoms with Crippen molar-refractivity contribution in [1.82, 2.24) is 9.62 Å².